The van der Waals surface area contributed by atoms with Crippen LogP contribution >= 0.6 is 0 Å². The number of nitrogens with zero attached hydrogens (tertiary/aromatic N) is 4. The van der Waals surface area contributed by atoms with Crippen molar-refractivity contribution in [1.82, 2.24) is 19.6 Å². The number of fused-ring (bicyclic) bond motifs is 1. The van der Waals surface area contributed by atoms with E-state index in [1.54, 1.807) is 17.8 Å². The Morgan fingerprint density at radius 3 is 2.56 bits per heavy atom. The summed E-state index contributed by atoms with van der Waals surface area (Å²) in [6.45, 7) is 0.368. The zero-order valence-electron chi connectivity index (χ0n) is 18.1. The Bertz CT molecular complexity index is 1210. The van der Waals surface area contributed by atoms with Crippen LogP contribution in [0.15, 0.2) is 60.9 Å². The molecule has 0 bridgehead atoms. The van der Waals surface area contributed by atoms with Gasteiger partial charge in [-0.1, -0.05) is 36.4 Å². The predicted molar refractivity (Wildman–Crippen MR) is 124 cm³/mol. The second-order valence-corrected chi connectivity index (χ2v) is 8.63. The van der Waals surface area contributed by atoms with Crippen LogP contribution in [-0.2, 0) is 4.74 Å². The Morgan fingerprint density at radius 2 is 1.88 bits per heavy atom. The molecule has 0 amide bonds. The molecular formula is C25H27N5O2. The Balaban J connectivity index is 1.45. The standard InChI is InChI=1S/C25H27N5O2/c1-32-16-25(31)11-9-18(10-12-25)22-13-23(26)30-24(29-22)20(15-28-30)19-7-8-21(27-14-19)17-5-3-2-4-6-17/h2-8,13-15,18,31H,9-12,16,26H2,1H3/t18-,25+. The van der Waals surface area contributed by atoms with Crippen LogP contribution in [-0.4, -0.2) is 44.0 Å². The molecule has 0 spiro atoms. The van der Waals surface area contributed by atoms with Crippen LogP contribution in [0, 0.1) is 0 Å². The number of nitrogens with two attached hydrogens (primary N) is 1. The van der Waals surface area contributed by atoms with Gasteiger partial charge in [0, 0.05) is 47.7 Å². The largest absolute Gasteiger partial charge is 0.387 e. The van der Waals surface area contributed by atoms with Crippen molar-refractivity contribution in [2.45, 2.75) is 37.2 Å². The van der Waals surface area contributed by atoms with Crippen LogP contribution in [0.3, 0.4) is 0 Å². The first kappa shape index (κ1) is 20.6. The number of hydrogen-bond donors (Lipinski definition) is 2. The Labute approximate surface area is 186 Å². The Hall–Kier alpha value is -3.29. The number of anilines is 1. The van der Waals surface area contributed by atoms with E-state index in [1.807, 2.05) is 54.7 Å². The summed E-state index contributed by atoms with van der Waals surface area (Å²) in [5.74, 6) is 0.809. The molecule has 1 aliphatic rings. The predicted octanol–water partition coefficient (Wildman–Crippen LogP) is 4.08. The molecule has 0 radical (unpaired) electrons. The van der Waals surface area contributed by atoms with E-state index in [0.717, 1.165) is 46.6 Å². The van der Waals surface area contributed by atoms with E-state index in [9.17, 15) is 5.11 Å². The molecule has 4 aromatic rings. The van der Waals surface area contributed by atoms with Crippen LogP contribution in [0.4, 0.5) is 5.82 Å². The van der Waals surface area contributed by atoms with Gasteiger partial charge < -0.3 is 15.6 Å². The molecule has 0 unspecified atom stereocenters. The Kier molecular flexibility index (Phi) is 5.36. The lowest BCUT2D eigenvalue weighted by Gasteiger charge is -2.35. The minimum absolute atomic E-state index is 0.251. The average Bonchev–Trinajstić information content (AvgIpc) is 3.25. The number of aromatic nitrogens is 4. The van der Waals surface area contributed by atoms with Gasteiger partial charge in [0.1, 0.15) is 5.82 Å². The molecule has 1 aromatic carbocycles. The fourth-order valence-corrected chi connectivity index (χ4v) is 4.62. The van der Waals surface area contributed by atoms with Crippen molar-refractivity contribution in [3.05, 3.63) is 66.6 Å². The quantitative estimate of drug-likeness (QED) is 0.496. The number of rotatable bonds is 5. The fraction of sp³-hybridized carbons (Fsp3) is 0.320. The van der Waals surface area contributed by atoms with Gasteiger partial charge in [-0.2, -0.15) is 9.61 Å². The molecule has 7 heteroatoms. The molecule has 3 aromatic heterocycles. The molecule has 0 atom stereocenters. The summed E-state index contributed by atoms with van der Waals surface area (Å²) in [6.07, 6.45) is 6.72. The normalized spacial score (nSPS) is 21.1. The van der Waals surface area contributed by atoms with E-state index in [1.165, 1.54) is 0 Å². The van der Waals surface area contributed by atoms with Crippen molar-refractivity contribution in [3.63, 3.8) is 0 Å². The monoisotopic (exact) mass is 429 g/mol. The van der Waals surface area contributed by atoms with Gasteiger partial charge in [0.2, 0.25) is 0 Å². The Morgan fingerprint density at radius 1 is 1.09 bits per heavy atom. The molecule has 3 heterocycles. The number of benzene rings is 1. The van der Waals surface area contributed by atoms with Crippen molar-refractivity contribution in [2.24, 2.45) is 0 Å². The van der Waals surface area contributed by atoms with Gasteiger partial charge in [-0.3, -0.25) is 4.98 Å². The topological polar surface area (TPSA) is 98.6 Å². The molecule has 0 saturated heterocycles. The summed E-state index contributed by atoms with van der Waals surface area (Å²) in [5, 5.41) is 15.1. The van der Waals surface area contributed by atoms with E-state index >= 15 is 0 Å². The SMILES string of the molecule is COC[C@]1(O)CC[C@@H](c2cc(N)n3ncc(-c4ccc(-c5ccccc5)nc4)c3n2)CC1. The molecule has 1 saturated carbocycles. The van der Waals surface area contributed by atoms with Crippen molar-refractivity contribution >= 4 is 11.5 Å². The molecule has 164 valence electrons. The van der Waals surface area contributed by atoms with E-state index in [0.29, 0.717) is 25.3 Å². The highest BCUT2D eigenvalue weighted by Crippen LogP contribution is 2.38. The van der Waals surface area contributed by atoms with Gasteiger partial charge >= 0.3 is 0 Å². The van der Waals surface area contributed by atoms with Gasteiger partial charge in [-0.15, -0.1) is 0 Å². The first-order chi connectivity index (χ1) is 15.6. The molecular weight excluding hydrogens is 402 g/mol. The van der Waals surface area contributed by atoms with Crippen LogP contribution in [0.2, 0.25) is 0 Å². The minimum Gasteiger partial charge on any atom is -0.387 e. The van der Waals surface area contributed by atoms with Gasteiger partial charge in [0.25, 0.3) is 0 Å². The molecule has 0 aliphatic heterocycles. The number of ether oxygens (including phenoxy) is 1. The van der Waals surface area contributed by atoms with E-state index in [4.69, 9.17) is 15.5 Å². The highest BCUT2D eigenvalue weighted by Gasteiger charge is 2.34. The third-order valence-electron chi connectivity index (χ3n) is 6.41. The smallest absolute Gasteiger partial charge is 0.165 e. The lowest BCUT2D eigenvalue weighted by atomic mass is 9.78. The number of pyridine rings is 1. The second-order valence-electron chi connectivity index (χ2n) is 8.63. The van der Waals surface area contributed by atoms with Crippen molar-refractivity contribution in [3.8, 4) is 22.4 Å². The van der Waals surface area contributed by atoms with E-state index in [2.05, 4.69) is 10.1 Å². The maximum atomic E-state index is 10.6. The summed E-state index contributed by atoms with van der Waals surface area (Å²) in [5.41, 5.74) is 11.1. The third-order valence-corrected chi connectivity index (χ3v) is 6.41. The maximum Gasteiger partial charge on any atom is 0.165 e. The zero-order chi connectivity index (χ0) is 22.1. The lowest BCUT2D eigenvalue weighted by Crippen LogP contribution is -2.38. The van der Waals surface area contributed by atoms with Gasteiger partial charge in [-0.25, -0.2) is 4.98 Å². The summed E-state index contributed by atoms with van der Waals surface area (Å²) in [6, 6.07) is 16.1. The molecule has 3 N–H and O–H groups in total. The average molecular weight is 430 g/mol. The first-order valence-electron chi connectivity index (χ1n) is 10.9. The van der Waals surface area contributed by atoms with Gasteiger partial charge in [0.05, 0.1) is 24.1 Å². The van der Waals surface area contributed by atoms with Crippen LogP contribution in [0.25, 0.3) is 28.0 Å². The highest BCUT2D eigenvalue weighted by molar-refractivity contribution is 5.78. The van der Waals surface area contributed by atoms with Crippen molar-refractivity contribution in [2.75, 3.05) is 19.5 Å². The number of nitrogen functional groups attached to an aromatic ring is 1. The molecule has 5 rings (SSSR count). The number of hydrogen-bond acceptors (Lipinski definition) is 6. The summed E-state index contributed by atoms with van der Waals surface area (Å²) >= 11 is 0. The third kappa shape index (κ3) is 3.85. The minimum atomic E-state index is -0.741. The molecule has 1 fully saturated rings. The molecule has 1 aliphatic carbocycles. The van der Waals surface area contributed by atoms with Crippen molar-refractivity contribution < 1.29 is 9.84 Å². The van der Waals surface area contributed by atoms with Crippen LogP contribution < -0.4 is 5.73 Å². The number of aliphatic hydroxyl groups is 1. The maximum absolute atomic E-state index is 10.6. The molecule has 7 nitrogen and oxygen atoms in total. The van der Waals surface area contributed by atoms with Gasteiger partial charge in [-0.05, 0) is 31.7 Å². The second kappa shape index (κ2) is 8.33. The summed E-state index contributed by atoms with van der Waals surface area (Å²) in [4.78, 5) is 9.59. The van der Waals surface area contributed by atoms with Gasteiger partial charge in [0.15, 0.2) is 5.65 Å². The van der Waals surface area contributed by atoms with Crippen LogP contribution in [0.5, 0.6) is 0 Å². The van der Waals surface area contributed by atoms with Crippen LogP contribution in [0.1, 0.15) is 37.3 Å². The van der Waals surface area contributed by atoms with E-state index < -0.39 is 5.60 Å². The highest BCUT2D eigenvalue weighted by atomic mass is 16.5. The first-order valence-corrected chi connectivity index (χ1v) is 10.9. The zero-order valence-corrected chi connectivity index (χ0v) is 18.1. The van der Waals surface area contributed by atoms with Crippen molar-refractivity contribution in [1.29, 1.82) is 0 Å². The number of methoxy groups -OCH3 is 1. The summed E-state index contributed by atoms with van der Waals surface area (Å²) < 4.78 is 6.86. The lowest BCUT2D eigenvalue weighted by molar-refractivity contribution is -0.0590. The van der Waals surface area contributed by atoms with E-state index in [-0.39, 0.29) is 5.92 Å². The summed E-state index contributed by atoms with van der Waals surface area (Å²) in [7, 11) is 1.63. The fourth-order valence-electron chi connectivity index (χ4n) is 4.62. The molecule has 32 heavy (non-hydrogen) atoms.